The molecule has 1 N–H and O–H groups in total. The van der Waals surface area contributed by atoms with Crippen LogP contribution < -0.4 is 0 Å². The highest BCUT2D eigenvalue weighted by molar-refractivity contribution is 5.04. The van der Waals surface area contributed by atoms with Gasteiger partial charge in [0.15, 0.2) is 0 Å². The van der Waals surface area contributed by atoms with Crippen molar-refractivity contribution in [2.24, 2.45) is 0 Å². The maximum absolute atomic E-state index is 10.5. The van der Waals surface area contributed by atoms with Crippen LogP contribution in [0, 0.1) is 0 Å². The Bertz CT molecular complexity index is 344. The minimum absolute atomic E-state index is 0.486. The van der Waals surface area contributed by atoms with E-state index in [4.69, 9.17) is 0 Å². The van der Waals surface area contributed by atoms with Gasteiger partial charge in [0.25, 0.3) is 0 Å². The molecule has 3 nitrogen and oxygen atoms in total. The fourth-order valence-electron chi connectivity index (χ4n) is 2.53. The summed E-state index contributed by atoms with van der Waals surface area (Å²) in [6, 6.07) is 2.54. The smallest absolute Gasteiger partial charge is 0.0701 e. The molecular weight excluding hydrogens is 224 g/mol. The molecule has 0 amide bonds. The molecule has 0 fully saturated rings. The summed E-state index contributed by atoms with van der Waals surface area (Å²) in [7, 11) is 0. The van der Waals surface area contributed by atoms with Crippen LogP contribution in [0.1, 0.15) is 71.5 Å². The second-order valence-corrected chi connectivity index (χ2v) is 5.26. The summed E-state index contributed by atoms with van der Waals surface area (Å²) in [4.78, 5) is 0. The first kappa shape index (κ1) is 15.2. The summed E-state index contributed by atoms with van der Waals surface area (Å²) in [5.41, 5.74) is 0.432. The molecule has 0 aliphatic rings. The maximum atomic E-state index is 10.5. The highest BCUT2D eigenvalue weighted by atomic mass is 16.3. The predicted molar refractivity (Wildman–Crippen MR) is 75.7 cm³/mol. The number of hydrogen-bond acceptors (Lipinski definition) is 2. The normalized spacial score (nSPS) is 15.0. The van der Waals surface area contributed by atoms with Gasteiger partial charge in [-0.05, 0) is 31.7 Å². The highest BCUT2D eigenvalue weighted by Crippen LogP contribution is 2.23. The van der Waals surface area contributed by atoms with E-state index in [0.29, 0.717) is 12.5 Å². The highest BCUT2D eigenvalue weighted by Gasteiger charge is 2.25. The molecule has 104 valence electrons. The number of aliphatic hydroxyl groups is 1. The third-order valence-electron chi connectivity index (χ3n) is 3.86. The lowest BCUT2D eigenvalue weighted by atomic mass is 9.90. The van der Waals surface area contributed by atoms with Crippen LogP contribution >= 0.6 is 0 Å². The molecule has 1 atom stereocenters. The molecule has 3 heteroatoms. The van der Waals surface area contributed by atoms with E-state index in [2.05, 4.69) is 42.8 Å². The van der Waals surface area contributed by atoms with Crippen LogP contribution in [0.5, 0.6) is 0 Å². The summed E-state index contributed by atoms with van der Waals surface area (Å²) in [5, 5.41) is 15.1. The molecular formula is C15H28N2O. The molecule has 0 aromatic carbocycles. The molecule has 1 aromatic heterocycles. The molecule has 0 radical (unpaired) electrons. The Kier molecular flexibility index (Phi) is 5.86. The largest absolute Gasteiger partial charge is 0.389 e. The first-order valence-electron chi connectivity index (χ1n) is 7.34. The van der Waals surface area contributed by atoms with Crippen molar-refractivity contribution < 1.29 is 5.11 Å². The van der Waals surface area contributed by atoms with E-state index >= 15 is 0 Å². The molecule has 18 heavy (non-hydrogen) atoms. The number of hydrogen-bond donors (Lipinski definition) is 1. The van der Waals surface area contributed by atoms with E-state index in [-0.39, 0.29) is 0 Å². The van der Waals surface area contributed by atoms with Crippen molar-refractivity contribution in [3.05, 3.63) is 18.0 Å². The topological polar surface area (TPSA) is 38.0 Å². The van der Waals surface area contributed by atoms with Gasteiger partial charge in [-0.3, -0.25) is 4.68 Å². The van der Waals surface area contributed by atoms with Crippen LogP contribution in [-0.2, 0) is 6.42 Å². The standard InChI is InChI=1S/C15H28N2O/c1-5-10-15(18,8-4)12-13-9-11-17(16-13)14(6-2)7-3/h9,11,14,18H,5-8,10,12H2,1-4H3. The third-order valence-corrected chi connectivity index (χ3v) is 3.86. The van der Waals surface area contributed by atoms with E-state index in [9.17, 15) is 5.11 Å². The van der Waals surface area contributed by atoms with Crippen molar-refractivity contribution in [3.63, 3.8) is 0 Å². The molecule has 0 saturated heterocycles. The van der Waals surface area contributed by atoms with Crippen LogP contribution in [0.15, 0.2) is 12.3 Å². The Morgan fingerprint density at radius 1 is 1.28 bits per heavy atom. The van der Waals surface area contributed by atoms with Crippen LogP contribution in [-0.4, -0.2) is 20.5 Å². The van der Waals surface area contributed by atoms with Gasteiger partial charge >= 0.3 is 0 Å². The first-order chi connectivity index (χ1) is 8.58. The summed E-state index contributed by atoms with van der Waals surface area (Å²) in [6.45, 7) is 8.54. The molecule has 0 aliphatic heterocycles. The Morgan fingerprint density at radius 3 is 2.44 bits per heavy atom. The van der Waals surface area contributed by atoms with Gasteiger partial charge in [0.1, 0.15) is 0 Å². The quantitative estimate of drug-likeness (QED) is 0.765. The summed E-state index contributed by atoms with van der Waals surface area (Å²) >= 11 is 0. The van der Waals surface area contributed by atoms with E-state index in [1.165, 1.54) is 0 Å². The lowest BCUT2D eigenvalue weighted by molar-refractivity contribution is 0.0260. The van der Waals surface area contributed by atoms with Crippen LogP contribution in [0.2, 0.25) is 0 Å². The molecule has 1 aromatic rings. The zero-order valence-corrected chi connectivity index (χ0v) is 12.3. The zero-order valence-electron chi connectivity index (χ0n) is 12.3. The summed E-state index contributed by atoms with van der Waals surface area (Å²) in [6.07, 6.45) is 7.58. The number of rotatable bonds is 8. The molecule has 0 bridgehead atoms. The fraction of sp³-hybridized carbons (Fsp3) is 0.800. The van der Waals surface area contributed by atoms with Crippen LogP contribution in [0.3, 0.4) is 0 Å². The Hall–Kier alpha value is -0.830. The lowest BCUT2D eigenvalue weighted by Gasteiger charge is -2.25. The average Bonchev–Trinajstić information content (AvgIpc) is 2.79. The van der Waals surface area contributed by atoms with Gasteiger partial charge < -0.3 is 5.11 Å². The van der Waals surface area contributed by atoms with Crippen molar-refractivity contribution in [2.45, 2.75) is 77.9 Å². The molecule has 1 heterocycles. The van der Waals surface area contributed by atoms with Crippen molar-refractivity contribution >= 4 is 0 Å². The third kappa shape index (κ3) is 3.84. The zero-order chi connectivity index (χ0) is 13.6. The van der Waals surface area contributed by atoms with Crippen LogP contribution in [0.4, 0.5) is 0 Å². The lowest BCUT2D eigenvalue weighted by Crippen LogP contribution is -2.30. The van der Waals surface area contributed by atoms with Crippen molar-refractivity contribution in [3.8, 4) is 0 Å². The fourth-order valence-corrected chi connectivity index (χ4v) is 2.53. The van der Waals surface area contributed by atoms with Gasteiger partial charge in [0, 0.05) is 12.6 Å². The van der Waals surface area contributed by atoms with Gasteiger partial charge in [0.05, 0.1) is 17.3 Å². The Labute approximate surface area is 111 Å². The van der Waals surface area contributed by atoms with Crippen molar-refractivity contribution in [1.82, 2.24) is 9.78 Å². The van der Waals surface area contributed by atoms with Gasteiger partial charge in [-0.2, -0.15) is 5.10 Å². The maximum Gasteiger partial charge on any atom is 0.0701 e. The van der Waals surface area contributed by atoms with E-state index in [0.717, 1.165) is 37.8 Å². The monoisotopic (exact) mass is 252 g/mol. The van der Waals surface area contributed by atoms with Gasteiger partial charge in [-0.1, -0.05) is 34.1 Å². The Morgan fingerprint density at radius 2 is 1.94 bits per heavy atom. The molecule has 1 rings (SSSR count). The van der Waals surface area contributed by atoms with Crippen LogP contribution in [0.25, 0.3) is 0 Å². The van der Waals surface area contributed by atoms with E-state index in [1.54, 1.807) is 0 Å². The van der Waals surface area contributed by atoms with Gasteiger partial charge in [-0.15, -0.1) is 0 Å². The van der Waals surface area contributed by atoms with E-state index < -0.39 is 5.60 Å². The summed E-state index contributed by atoms with van der Waals surface area (Å²) in [5.74, 6) is 0. The van der Waals surface area contributed by atoms with Gasteiger partial charge in [-0.25, -0.2) is 0 Å². The number of aromatic nitrogens is 2. The van der Waals surface area contributed by atoms with Gasteiger partial charge in [0.2, 0.25) is 0 Å². The van der Waals surface area contributed by atoms with E-state index in [1.807, 2.05) is 6.92 Å². The first-order valence-corrected chi connectivity index (χ1v) is 7.34. The number of nitrogens with zero attached hydrogens (tertiary/aromatic N) is 2. The second-order valence-electron chi connectivity index (χ2n) is 5.26. The van der Waals surface area contributed by atoms with Crippen molar-refractivity contribution in [1.29, 1.82) is 0 Å². The Balaban J connectivity index is 2.73. The molecule has 1 unspecified atom stereocenters. The minimum Gasteiger partial charge on any atom is -0.389 e. The molecule has 0 spiro atoms. The average molecular weight is 252 g/mol. The van der Waals surface area contributed by atoms with Crippen molar-refractivity contribution in [2.75, 3.05) is 0 Å². The second kappa shape index (κ2) is 6.93. The molecule has 0 aliphatic carbocycles. The summed E-state index contributed by atoms with van der Waals surface area (Å²) < 4.78 is 2.05. The molecule has 0 saturated carbocycles. The predicted octanol–water partition coefficient (Wildman–Crippen LogP) is 3.73. The SMILES string of the molecule is CCCC(O)(CC)Cc1ccn(C(CC)CC)n1. The minimum atomic E-state index is -0.581.